The molecule has 9 nitrogen and oxygen atoms in total. The fraction of sp³-hybridized carbons (Fsp3) is 0.311. The highest BCUT2D eigenvalue weighted by Gasteiger charge is 2.28. The van der Waals surface area contributed by atoms with E-state index in [2.05, 4.69) is 23.1 Å². The second kappa shape index (κ2) is 18.0. The Morgan fingerprint density at radius 2 is 1.46 bits per heavy atom. The van der Waals surface area contributed by atoms with Crippen LogP contribution in [-0.2, 0) is 18.0 Å². The minimum Gasteiger partial charge on any atom is -0.508 e. The zero-order valence-corrected chi connectivity index (χ0v) is 30.6. The van der Waals surface area contributed by atoms with Gasteiger partial charge in [0, 0.05) is 19.2 Å². The van der Waals surface area contributed by atoms with Crippen LogP contribution in [0.1, 0.15) is 52.7 Å². The van der Waals surface area contributed by atoms with Gasteiger partial charge in [-0.15, -0.1) is 0 Å². The van der Waals surface area contributed by atoms with Gasteiger partial charge in [0.25, 0.3) is 0 Å². The molecule has 3 atom stereocenters. The van der Waals surface area contributed by atoms with E-state index in [1.54, 1.807) is 18.2 Å². The van der Waals surface area contributed by atoms with Crippen molar-refractivity contribution in [2.75, 3.05) is 39.5 Å². The average molecular weight is 730 g/mol. The molecule has 0 saturated carbocycles. The van der Waals surface area contributed by atoms with Crippen LogP contribution in [0.25, 0.3) is 0 Å². The lowest BCUT2D eigenvalue weighted by molar-refractivity contribution is 0.0501. The first-order chi connectivity index (χ1) is 26.4. The van der Waals surface area contributed by atoms with E-state index in [4.69, 9.17) is 28.4 Å². The standard InChI is InChI=1S/C27H29NO4.C18H18O4/c29-23-10-4-8-21(14-23)22-9-5-13-28(16-22)17-25-19-31-26-12-11-24(15-27(26)32-25)30-18-20-6-2-1-3-7-20;1-13(19)17-9-15(20-10-14-5-3-2-4-6-14)7-8-18(17)22-12-16-11-21-16/h1-4,6-8,10-12,14-15,22,25,29H,5,9,13,16-19H2;2-9,16H,10-12H2,1H3/t22?,25-;16-/m01/s1. The molecule has 0 aromatic heterocycles. The van der Waals surface area contributed by atoms with Crippen molar-refractivity contribution in [1.82, 2.24) is 4.90 Å². The number of ketones is 1. The van der Waals surface area contributed by atoms with E-state index < -0.39 is 0 Å². The molecule has 0 aliphatic carbocycles. The Balaban J connectivity index is 0.000000179. The van der Waals surface area contributed by atoms with Gasteiger partial charge >= 0.3 is 0 Å². The number of fused-ring (bicyclic) bond motifs is 1. The van der Waals surface area contributed by atoms with Gasteiger partial charge in [0.2, 0.25) is 0 Å². The van der Waals surface area contributed by atoms with Gasteiger partial charge in [0.1, 0.15) is 61.6 Å². The van der Waals surface area contributed by atoms with E-state index in [1.807, 2.05) is 84.9 Å². The minimum atomic E-state index is -0.0446. The summed E-state index contributed by atoms with van der Waals surface area (Å²) in [5.41, 5.74) is 3.96. The number of benzene rings is 5. The Labute approximate surface area is 317 Å². The fourth-order valence-electron chi connectivity index (χ4n) is 6.66. The van der Waals surface area contributed by atoms with E-state index in [0.29, 0.717) is 55.2 Å². The molecule has 5 aromatic carbocycles. The third kappa shape index (κ3) is 10.6. The molecule has 3 heterocycles. The number of ether oxygens (including phenoxy) is 6. The summed E-state index contributed by atoms with van der Waals surface area (Å²) >= 11 is 0. The molecule has 9 heteroatoms. The van der Waals surface area contributed by atoms with Crippen LogP contribution in [-0.4, -0.2) is 67.5 Å². The summed E-state index contributed by atoms with van der Waals surface area (Å²) in [5.74, 6) is 4.25. The summed E-state index contributed by atoms with van der Waals surface area (Å²) in [6.07, 6.45) is 2.43. The topological polar surface area (TPSA) is 99.2 Å². The number of carbonyl (C=O) groups excluding carboxylic acids is 1. The number of hydrogen-bond donors (Lipinski definition) is 1. The minimum absolute atomic E-state index is 0.0187. The number of nitrogens with zero attached hydrogens (tertiary/aromatic N) is 1. The van der Waals surface area contributed by atoms with Crippen LogP contribution in [0.4, 0.5) is 0 Å². The van der Waals surface area contributed by atoms with Crippen LogP contribution in [0.3, 0.4) is 0 Å². The molecule has 0 radical (unpaired) electrons. The lowest BCUT2D eigenvalue weighted by Crippen LogP contribution is -2.44. The second-order valence-corrected chi connectivity index (χ2v) is 13.9. The zero-order valence-electron chi connectivity index (χ0n) is 30.6. The van der Waals surface area contributed by atoms with E-state index >= 15 is 0 Å². The summed E-state index contributed by atoms with van der Waals surface area (Å²) < 4.78 is 34.7. The highest BCUT2D eigenvalue weighted by atomic mass is 16.6. The quantitative estimate of drug-likeness (QED) is 0.0949. The molecule has 8 rings (SSSR count). The summed E-state index contributed by atoms with van der Waals surface area (Å²) in [6, 6.07) is 38.8. The summed E-state index contributed by atoms with van der Waals surface area (Å²) in [7, 11) is 0. The number of carbonyl (C=O) groups is 1. The monoisotopic (exact) mass is 729 g/mol. The molecule has 2 saturated heterocycles. The molecule has 5 aromatic rings. The molecule has 54 heavy (non-hydrogen) atoms. The van der Waals surface area contributed by atoms with Gasteiger partial charge < -0.3 is 33.5 Å². The van der Waals surface area contributed by atoms with E-state index in [-0.39, 0.29) is 18.0 Å². The van der Waals surface area contributed by atoms with E-state index in [9.17, 15) is 9.90 Å². The Kier molecular flexibility index (Phi) is 12.3. The number of Topliss-reactive ketones (excluding diaryl/α,β-unsaturated/α-hetero) is 1. The molecule has 1 N–H and O–H groups in total. The molecular weight excluding hydrogens is 682 g/mol. The van der Waals surface area contributed by atoms with Crippen molar-refractivity contribution >= 4 is 5.78 Å². The number of likely N-dealkylation sites (tertiary alicyclic amines) is 1. The Morgan fingerprint density at radius 3 is 2.15 bits per heavy atom. The molecule has 2 fully saturated rings. The number of rotatable bonds is 13. The lowest BCUT2D eigenvalue weighted by Gasteiger charge is -2.36. The first kappa shape index (κ1) is 36.8. The molecule has 280 valence electrons. The average Bonchev–Trinajstić information content (AvgIpc) is 4.04. The maximum absolute atomic E-state index is 11.8. The van der Waals surface area contributed by atoms with Crippen LogP contribution in [0.15, 0.2) is 121 Å². The SMILES string of the molecule is CC(=O)c1cc(OCc2ccccc2)ccc1OC[C@H]1CO1.Oc1cccc(C2CCCN(C[C@H]3COc4ccc(OCc5ccccc5)cc4O3)C2)c1. The van der Waals surface area contributed by atoms with Crippen LogP contribution < -0.4 is 23.7 Å². The first-order valence-corrected chi connectivity index (χ1v) is 18.6. The third-order valence-corrected chi connectivity index (χ3v) is 9.60. The van der Waals surface area contributed by atoms with Crippen molar-refractivity contribution in [2.45, 2.75) is 51.1 Å². The predicted molar refractivity (Wildman–Crippen MR) is 206 cm³/mol. The van der Waals surface area contributed by atoms with Crippen LogP contribution in [0.5, 0.6) is 34.5 Å². The maximum Gasteiger partial charge on any atom is 0.165 e. The van der Waals surface area contributed by atoms with Gasteiger partial charge in [-0.3, -0.25) is 9.69 Å². The molecular formula is C45H47NO8. The Morgan fingerprint density at radius 1 is 0.759 bits per heavy atom. The fourth-order valence-corrected chi connectivity index (χ4v) is 6.66. The molecule has 0 bridgehead atoms. The number of aromatic hydroxyl groups is 1. The molecule has 3 aliphatic heterocycles. The van der Waals surface area contributed by atoms with Crippen molar-refractivity contribution in [3.8, 4) is 34.5 Å². The van der Waals surface area contributed by atoms with Crippen molar-refractivity contribution < 1.29 is 38.3 Å². The van der Waals surface area contributed by atoms with E-state index in [0.717, 1.165) is 67.5 Å². The van der Waals surface area contributed by atoms with Crippen molar-refractivity contribution in [2.24, 2.45) is 0 Å². The second-order valence-electron chi connectivity index (χ2n) is 13.9. The lowest BCUT2D eigenvalue weighted by atomic mass is 9.90. The summed E-state index contributed by atoms with van der Waals surface area (Å²) in [4.78, 5) is 14.2. The number of phenolic OH excluding ortho intramolecular Hbond substituents is 1. The summed E-state index contributed by atoms with van der Waals surface area (Å²) in [6.45, 7) is 7.12. The van der Waals surface area contributed by atoms with Crippen LogP contribution in [0.2, 0.25) is 0 Å². The van der Waals surface area contributed by atoms with Gasteiger partial charge in [-0.05, 0) is 91.4 Å². The van der Waals surface area contributed by atoms with Crippen LogP contribution in [0, 0.1) is 0 Å². The maximum atomic E-state index is 11.8. The van der Waals surface area contributed by atoms with Crippen molar-refractivity contribution in [1.29, 1.82) is 0 Å². The summed E-state index contributed by atoms with van der Waals surface area (Å²) in [5, 5.41) is 9.83. The van der Waals surface area contributed by atoms with Gasteiger partial charge in [-0.25, -0.2) is 0 Å². The van der Waals surface area contributed by atoms with Gasteiger partial charge in [-0.2, -0.15) is 0 Å². The normalized spacial score (nSPS) is 18.8. The molecule has 1 unspecified atom stereocenters. The van der Waals surface area contributed by atoms with Gasteiger partial charge in [-0.1, -0.05) is 72.8 Å². The van der Waals surface area contributed by atoms with Crippen LogP contribution >= 0.6 is 0 Å². The zero-order chi connectivity index (χ0) is 37.1. The van der Waals surface area contributed by atoms with Crippen molar-refractivity contribution in [3.05, 3.63) is 144 Å². The van der Waals surface area contributed by atoms with Gasteiger partial charge in [0.15, 0.2) is 17.3 Å². The Bertz CT molecular complexity index is 1970. The number of epoxide rings is 1. The first-order valence-electron chi connectivity index (χ1n) is 18.6. The third-order valence-electron chi connectivity index (χ3n) is 9.60. The smallest absolute Gasteiger partial charge is 0.165 e. The highest BCUT2D eigenvalue weighted by Crippen LogP contribution is 2.36. The highest BCUT2D eigenvalue weighted by molar-refractivity contribution is 5.97. The molecule has 0 spiro atoms. The predicted octanol–water partition coefficient (Wildman–Crippen LogP) is 8.24. The largest absolute Gasteiger partial charge is 0.508 e. The number of hydrogen-bond acceptors (Lipinski definition) is 9. The van der Waals surface area contributed by atoms with Gasteiger partial charge in [0.05, 0.1) is 12.2 Å². The Hall–Kier alpha value is -5.51. The number of piperidine rings is 1. The van der Waals surface area contributed by atoms with E-state index in [1.165, 1.54) is 12.5 Å². The molecule has 0 amide bonds. The molecule has 3 aliphatic rings. The van der Waals surface area contributed by atoms with Crippen molar-refractivity contribution in [3.63, 3.8) is 0 Å². The number of phenols is 1.